The summed E-state index contributed by atoms with van der Waals surface area (Å²) in [6.45, 7) is 3.71. The maximum Gasteiger partial charge on any atom is 0.319 e. The normalized spacial score (nSPS) is 10.7. The Balaban J connectivity index is 2.76. The van der Waals surface area contributed by atoms with Crippen molar-refractivity contribution in [2.45, 2.75) is 19.9 Å². The van der Waals surface area contributed by atoms with Crippen LogP contribution in [0.2, 0.25) is 10.0 Å². The van der Waals surface area contributed by atoms with E-state index in [4.69, 9.17) is 23.2 Å². The lowest BCUT2D eigenvalue weighted by molar-refractivity contribution is -0.142. The fourth-order valence-corrected chi connectivity index (χ4v) is 2.07. The van der Waals surface area contributed by atoms with E-state index in [1.165, 1.54) is 7.11 Å². The molecule has 5 heteroatoms. The molecule has 3 nitrogen and oxygen atoms in total. The highest BCUT2D eigenvalue weighted by Gasteiger charge is 2.13. The molecule has 0 amide bonds. The van der Waals surface area contributed by atoms with Crippen LogP contribution in [0.15, 0.2) is 18.2 Å². The molecule has 18 heavy (non-hydrogen) atoms. The van der Waals surface area contributed by atoms with Crippen molar-refractivity contribution in [1.82, 2.24) is 4.90 Å². The number of nitrogens with zero attached hydrogens (tertiary/aromatic N) is 1. The minimum Gasteiger partial charge on any atom is -0.468 e. The summed E-state index contributed by atoms with van der Waals surface area (Å²) in [6, 6.07) is 5.51. The van der Waals surface area contributed by atoms with Gasteiger partial charge in [-0.15, -0.1) is 0 Å². The number of esters is 1. The third kappa shape index (κ3) is 4.48. The van der Waals surface area contributed by atoms with Crippen molar-refractivity contribution in [3.8, 4) is 0 Å². The van der Waals surface area contributed by atoms with Gasteiger partial charge in [0.2, 0.25) is 0 Å². The van der Waals surface area contributed by atoms with E-state index in [0.29, 0.717) is 16.6 Å². The topological polar surface area (TPSA) is 29.5 Å². The zero-order valence-electron chi connectivity index (χ0n) is 10.6. The molecule has 100 valence electrons. The van der Waals surface area contributed by atoms with Crippen LogP contribution in [0.4, 0.5) is 0 Å². The SMILES string of the molecule is CCCN(CC(=O)OC)Cc1cccc(Cl)c1Cl. The van der Waals surface area contributed by atoms with Crippen LogP contribution in [0.5, 0.6) is 0 Å². The molecule has 0 radical (unpaired) electrons. The molecule has 0 aliphatic heterocycles. The first-order valence-corrected chi connectivity index (χ1v) is 6.56. The number of rotatable bonds is 6. The summed E-state index contributed by atoms with van der Waals surface area (Å²) in [5, 5.41) is 1.08. The first kappa shape index (κ1) is 15.3. The maximum absolute atomic E-state index is 11.3. The average molecular weight is 290 g/mol. The van der Waals surface area contributed by atoms with Crippen molar-refractivity contribution in [1.29, 1.82) is 0 Å². The molecule has 0 saturated carbocycles. The van der Waals surface area contributed by atoms with Gasteiger partial charge >= 0.3 is 5.97 Å². The third-order valence-electron chi connectivity index (χ3n) is 2.55. The number of methoxy groups -OCH3 is 1. The first-order chi connectivity index (χ1) is 8.58. The van der Waals surface area contributed by atoms with E-state index in [-0.39, 0.29) is 12.5 Å². The standard InChI is InChI=1S/C13H17Cl2NO2/c1-3-7-16(9-12(17)18-2)8-10-5-4-6-11(14)13(10)15/h4-6H,3,7-9H2,1-2H3. The Morgan fingerprint density at radius 2 is 2.11 bits per heavy atom. The number of halogens is 2. The van der Waals surface area contributed by atoms with E-state index in [9.17, 15) is 4.79 Å². The molecule has 0 aliphatic carbocycles. The van der Waals surface area contributed by atoms with Crippen molar-refractivity contribution in [3.05, 3.63) is 33.8 Å². The molecular weight excluding hydrogens is 273 g/mol. The summed E-state index contributed by atoms with van der Waals surface area (Å²) in [5.41, 5.74) is 0.918. The van der Waals surface area contributed by atoms with Crippen molar-refractivity contribution < 1.29 is 9.53 Å². The first-order valence-electron chi connectivity index (χ1n) is 5.80. The van der Waals surface area contributed by atoms with Gasteiger partial charge in [0.1, 0.15) is 0 Å². The van der Waals surface area contributed by atoms with Gasteiger partial charge in [-0.2, -0.15) is 0 Å². The van der Waals surface area contributed by atoms with Crippen LogP contribution < -0.4 is 0 Å². The highest BCUT2D eigenvalue weighted by atomic mass is 35.5. The van der Waals surface area contributed by atoms with Crippen LogP contribution in [0.3, 0.4) is 0 Å². The minimum atomic E-state index is -0.249. The number of carbonyl (C=O) groups is 1. The summed E-state index contributed by atoms with van der Waals surface area (Å²) < 4.78 is 4.68. The summed E-state index contributed by atoms with van der Waals surface area (Å²) in [7, 11) is 1.39. The molecule has 0 saturated heterocycles. The Bertz CT molecular complexity index is 410. The summed E-state index contributed by atoms with van der Waals surface area (Å²) in [4.78, 5) is 13.3. The van der Waals surface area contributed by atoms with Crippen molar-refractivity contribution in [2.75, 3.05) is 20.2 Å². The molecule has 0 aromatic heterocycles. The molecular formula is C13H17Cl2NO2. The van der Waals surface area contributed by atoms with Crippen LogP contribution in [0, 0.1) is 0 Å². The summed E-state index contributed by atoms with van der Waals surface area (Å²) >= 11 is 12.1. The largest absolute Gasteiger partial charge is 0.468 e. The van der Waals surface area contributed by atoms with Crippen LogP contribution in [-0.2, 0) is 16.1 Å². The Morgan fingerprint density at radius 3 is 2.72 bits per heavy atom. The second-order valence-electron chi connectivity index (χ2n) is 4.00. The monoisotopic (exact) mass is 289 g/mol. The highest BCUT2D eigenvalue weighted by molar-refractivity contribution is 6.42. The molecule has 0 unspecified atom stereocenters. The Hall–Kier alpha value is -0.770. The zero-order chi connectivity index (χ0) is 13.5. The Kier molecular flexibility index (Phi) is 6.47. The van der Waals surface area contributed by atoms with Crippen molar-refractivity contribution in [2.24, 2.45) is 0 Å². The Labute approximate surface area is 118 Å². The predicted molar refractivity (Wildman–Crippen MR) is 74.0 cm³/mol. The van der Waals surface area contributed by atoms with Gasteiger partial charge in [0.15, 0.2) is 0 Å². The van der Waals surface area contributed by atoms with Gasteiger partial charge < -0.3 is 4.74 Å². The van der Waals surface area contributed by atoms with Crippen LogP contribution in [-0.4, -0.2) is 31.1 Å². The van der Waals surface area contributed by atoms with E-state index >= 15 is 0 Å². The fourth-order valence-electron chi connectivity index (χ4n) is 1.69. The molecule has 0 spiro atoms. The Morgan fingerprint density at radius 1 is 1.39 bits per heavy atom. The molecule has 1 rings (SSSR count). The molecule has 0 bridgehead atoms. The molecule has 0 atom stereocenters. The van der Waals surface area contributed by atoms with E-state index in [1.807, 2.05) is 17.0 Å². The molecule has 1 aromatic carbocycles. The average Bonchev–Trinajstić information content (AvgIpc) is 2.35. The lowest BCUT2D eigenvalue weighted by atomic mass is 10.2. The van der Waals surface area contributed by atoms with Gasteiger partial charge in [-0.05, 0) is 24.6 Å². The van der Waals surface area contributed by atoms with Crippen LogP contribution >= 0.6 is 23.2 Å². The number of ether oxygens (including phenoxy) is 1. The van der Waals surface area contributed by atoms with E-state index < -0.39 is 0 Å². The van der Waals surface area contributed by atoms with Gasteiger partial charge in [0, 0.05) is 6.54 Å². The van der Waals surface area contributed by atoms with Gasteiger partial charge in [-0.1, -0.05) is 42.3 Å². The highest BCUT2D eigenvalue weighted by Crippen LogP contribution is 2.26. The minimum absolute atomic E-state index is 0.249. The van der Waals surface area contributed by atoms with Crippen molar-refractivity contribution >= 4 is 29.2 Å². The molecule has 0 N–H and O–H groups in total. The van der Waals surface area contributed by atoms with Gasteiger partial charge in [-0.3, -0.25) is 9.69 Å². The number of carbonyl (C=O) groups excluding carboxylic acids is 1. The number of hydrogen-bond acceptors (Lipinski definition) is 3. The number of benzene rings is 1. The predicted octanol–water partition coefficient (Wildman–Crippen LogP) is 3.38. The van der Waals surface area contributed by atoms with Gasteiger partial charge in [-0.25, -0.2) is 0 Å². The summed E-state index contributed by atoms with van der Waals surface area (Å²) in [5.74, 6) is -0.249. The molecule has 0 fully saturated rings. The molecule has 0 heterocycles. The van der Waals surface area contributed by atoms with E-state index in [0.717, 1.165) is 18.5 Å². The maximum atomic E-state index is 11.3. The molecule has 1 aromatic rings. The molecule has 0 aliphatic rings. The fraction of sp³-hybridized carbons (Fsp3) is 0.462. The number of hydrogen-bond donors (Lipinski definition) is 0. The van der Waals surface area contributed by atoms with Crippen LogP contribution in [0.25, 0.3) is 0 Å². The lowest BCUT2D eigenvalue weighted by Gasteiger charge is -2.21. The third-order valence-corrected chi connectivity index (χ3v) is 3.40. The van der Waals surface area contributed by atoms with Crippen LogP contribution in [0.1, 0.15) is 18.9 Å². The lowest BCUT2D eigenvalue weighted by Crippen LogP contribution is -2.31. The van der Waals surface area contributed by atoms with Gasteiger partial charge in [0.25, 0.3) is 0 Å². The van der Waals surface area contributed by atoms with Crippen molar-refractivity contribution in [3.63, 3.8) is 0 Å². The second-order valence-corrected chi connectivity index (χ2v) is 4.78. The van der Waals surface area contributed by atoms with E-state index in [2.05, 4.69) is 11.7 Å². The zero-order valence-corrected chi connectivity index (χ0v) is 12.1. The quantitative estimate of drug-likeness (QED) is 0.752. The smallest absolute Gasteiger partial charge is 0.319 e. The van der Waals surface area contributed by atoms with Gasteiger partial charge in [0.05, 0.1) is 23.7 Å². The van der Waals surface area contributed by atoms with E-state index in [1.54, 1.807) is 6.07 Å². The summed E-state index contributed by atoms with van der Waals surface area (Å²) in [6.07, 6.45) is 0.954. The second kappa shape index (κ2) is 7.62.